The van der Waals surface area contributed by atoms with Gasteiger partial charge in [0.15, 0.2) is 0 Å². The smallest absolute Gasteiger partial charge is 0.327 e. The molecule has 1 fully saturated rings. The Kier molecular flexibility index (Phi) is 4.01. The average Bonchev–Trinajstić information content (AvgIpc) is 2.96. The third-order valence-electron chi connectivity index (χ3n) is 4.50. The summed E-state index contributed by atoms with van der Waals surface area (Å²) in [5.74, 6) is -0.560. The van der Waals surface area contributed by atoms with Gasteiger partial charge < -0.3 is 4.90 Å². The Balaban J connectivity index is 2.13. The van der Waals surface area contributed by atoms with Crippen LogP contribution < -0.4 is 0 Å². The lowest BCUT2D eigenvalue weighted by Crippen LogP contribution is -2.44. The van der Waals surface area contributed by atoms with Crippen molar-refractivity contribution >= 4 is 16.8 Å². The molecule has 0 bridgehead atoms. The van der Waals surface area contributed by atoms with Crippen LogP contribution in [-0.4, -0.2) is 34.6 Å². The van der Waals surface area contributed by atoms with Gasteiger partial charge >= 0.3 is 6.18 Å². The maximum atomic E-state index is 13.2. The number of alkyl halides is 3. The highest BCUT2D eigenvalue weighted by Gasteiger charge is 2.48. The summed E-state index contributed by atoms with van der Waals surface area (Å²) in [7, 11) is 0. The number of fused-ring (bicyclic) bond motifs is 1. The standard InChI is InChI=1S/C18H19F3N2O/c1-10-7-11(2)16-13(8-10)14(9-12(3)22-16)17(24)23-6-4-5-15(23)18(19,20)21/h7-9,15H,4-6H2,1-3H3. The minimum atomic E-state index is -4.39. The van der Waals surface area contributed by atoms with Crippen LogP contribution in [0.25, 0.3) is 10.9 Å². The van der Waals surface area contributed by atoms with Crippen LogP contribution in [0.3, 0.4) is 0 Å². The molecule has 1 aliphatic rings. The minimum Gasteiger partial charge on any atom is -0.327 e. The predicted molar refractivity (Wildman–Crippen MR) is 86.1 cm³/mol. The number of hydrogen-bond acceptors (Lipinski definition) is 2. The van der Waals surface area contributed by atoms with E-state index in [9.17, 15) is 18.0 Å². The fourth-order valence-electron chi connectivity index (χ4n) is 3.49. The molecular formula is C18H19F3N2O. The highest BCUT2D eigenvalue weighted by Crippen LogP contribution is 2.34. The Labute approximate surface area is 138 Å². The second-order valence-corrected chi connectivity index (χ2v) is 6.49. The van der Waals surface area contributed by atoms with E-state index in [0.29, 0.717) is 28.6 Å². The molecule has 6 heteroatoms. The molecule has 3 rings (SSSR count). The third-order valence-corrected chi connectivity index (χ3v) is 4.50. The van der Waals surface area contributed by atoms with Crippen molar-refractivity contribution in [2.24, 2.45) is 0 Å². The predicted octanol–water partition coefficient (Wildman–Crippen LogP) is 4.33. The molecule has 1 aromatic carbocycles. The van der Waals surface area contributed by atoms with E-state index in [1.54, 1.807) is 13.0 Å². The number of carbonyl (C=O) groups is 1. The number of amides is 1. The van der Waals surface area contributed by atoms with Crippen molar-refractivity contribution in [1.82, 2.24) is 9.88 Å². The number of aryl methyl sites for hydroxylation is 3. The van der Waals surface area contributed by atoms with Gasteiger partial charge in [-0.3, -0.25) is 9.78 Å². The van der Waals surface area contributed by atoms with Gasteiger partial charge in [0.25, 0.3) is 5.91 Å². The van der Waals surface area contributed by atoms with Crippen LogP contribution in [0.2, 0.25) is 0 Å². The zero-order valence-corrected chi connectivity index (χ0v) is 13.9. The maximum Gasteiger partial charge on any atom is 0.408 e. The van der Waals surface area contributed by atoms with Crippen LogP contribution in [0.1, 0.15) is 40.0 Å². The van der Waals surface area contributed by atoms with Crippen LogP contribution in [0.4, 0.5) is 13.2 Å². The normalized spacial score (nSPS) is 18.4. The number of nitrogens with zero attached hydrogens (tertiary/aromatic N) is 2. The Bertz CT molecular complexity index is 814. The molecule has 0 radical (unpaired) electrons. The first kappa shape index (κ1) is 16.7. The van der Waals surface area contributed by atoms with E-state index in [1.807, 2.05) is 26.0 Å². The summed E-state index contributed by atoms with van der Waals surface area (Å²) in [5.41, 5.74) is 3.47. The molecule has 0 saturated carbocycles. The van der Waals surface area contributed by atoms with E-state index in [2.05, 4.69) is 4.98 Å². The van der Waals surface area contributed by atoms with Gasteiger partial charge in [-0.1, -0.05) is 11.6 Å². The van der Waals surface area contributed by atoms with Crippen LogP contribution in [0.5, 0.6) is 0 Å². The molecule has 2 heterocycles. The van der Waals surface area contributed by atoms with Crippen LogP contribution >= 0.6 is 0 Å². The second-order valence-electron chi connectivity index (χ2n) is 6.49. The van der Waals surface area contributed by atoms with Crippen molar-refractivity contribution in [3.63, 3.8) is 0 Å². The molecule has 1 saturated heterocycles. The number of carbonyl (C=O) groups excluding carboxylic acids is 1. The molecule has 1 amide bonds. The van der Waals surface area contributed by atoms with Crippen LogP contribution in [0.15, 0.2) is 18.2 Å². The number of hydrogen-bond donors (Lipinski definition) is 0. The van der Waals surface area contributed by atoms with E-state index < -0.39 is 18.1 Å². The van der Waals surface area contributed by atoms with Crippen molar-refractivity contribution in [3.05, 3.63) is 40.6 Å². The number of pyridine rings is 1. The third kappa shape index (κ3) is 2.85. The zero-order valence-electron chi connectivity index (χ0n) is 13.9. The number of rotatable bonds is 1. The molecule has 24 heavy (non-hydrogen) atoms. The molecule has 1 atom stereocenters. The molecule has 128 valence electrons. The van der Waals surface area contributed by atoms with Crippen molar-refractivity contribution in [1.29, 1.82) is 0 Å². The van der Waals surface area contributed by atoms with Gasteiger partial charge in [0.1, 0.15) is 6.04 Å². The molecule has 0 spiro atoms. The fraction of sp³-hybridized carbons (Fsp3) is 0.444. The summed E-state index contributed by atoms with van der Waals surface area (Å²) in [5, 5.41) is 0.621. The minimum absolute atomic E-state index is 0.0324. The van der Waals surface area contributed by atoms with Crippen molar-refractivity contribution < 1.29 is 18.0 Å². The lowest BCUT2D eigenvalue weighted by molar-refractivity contribution is -0.169. The molecule has 1 unspecified atom stereocenters. The zero-order chi connectivity index (χ0) is 17.6. The Hall–Kier alpha value is -2.11. The Morgan fingerprint density at radius 3 is 2.58 bits per heavy atom. The van der Waals surface area contributed by atoms with Crippen molar-refractivity contribution in [2.75, 3.05) is 6.54 Å². The number of aromatic nitrogens is 1. The van der Waals surface area contributed by atoms with Gasteiger partial charge in [-0.25, -0.2) is 0 Å². The molecular weight excluding hydrogens is 317 g/mol. The molecule has 0 aliphatic carbocycles. The first-order chi connectivity index (χ1) is 11.2. The molecule has 0 N–H and O–H groups in total. The SMILES string of the molecule is Cc1cc(C)c2nc(C)cc(C(=O)N3CCCC3C(F)(F)F)c2c1. The monoisotopic (exact) mass is 336 g/mol. The van der Waals surface area contributed by atoms with Crippen molar-refractivity contribution in [2.45, 2.75) is 45.8 Å². The quantitative estimate of drug-likeness (QED) is 0.777. The number of benzene rings is 1. The van der Waals surface area contributed by atoms with Gasteiger partial charge in [0.2, 0.25) is 0 Å². The first-order valence-corrected chi connectivity index (χ1v) is 7.95. The summed E-state index contributed by atoms with van der Waals surface area (Å²) >= 11 is 0. The summed E-state index contributed by atoms with van der Waals surface area (Å²) in [4.78, 5) is 18.3. The van der Waals surface area contributed by atoms with Crippen LogP contribution in [0, 0.1) is 20.8 Å². The Morgan fingerprint density at radius 2 is 1.92 bits per heavy atom. The lowest BCUT2D eigenvalue weighted by Gasteiger charge is -2.27. The van der Waals surface area contributed by atoms with E-state index in [4.69, 9.17) is 0 Å². The van der Waals surface area contributed by atoms with Gasteiger partial charge in [0, 0.05) is 17.6 Å². The van der Waals surface area contributed by atoms with E-state index >= 15 is 0 Å². The fourth-order valence-corrected chi connectivity index (χ4v) is 3.49. The van der Waals surface area contributed by atoms with E-state index in [-0.39, 0.29) is 13.0 Å². The van der Waals surface area contributed by atoms with E-state index in [1.165, 1.54) is 0 Å². The van der Waals surface area contributed by atoms with Gasteiger partial charge in [0.05, 0.1) is 11.1 Å². The van der Waals surface area contributed by atoms with Gasteiger partial charge in [-0.05, 0) is 51.3 Å². The number of halogens is 3. The number of likely N-dealkylation sites (tertiary alicyclic amines) is 1. The van der Waals surface area contributed by atoms with Gasteiger partial charge in [-0.15, -0.1) is 0 Å². The second kappa shape index (κ2) is 5.76. The lowest BCUT2D eigenvalue weighted by atomic mass is 10.0. The summed E-state index contributed by atoms with van der Waals surface area (Å²) in [6, 6.07) is 3.67. The Morgan fingerprint density at radius 1 is 1.21 bits per heavy atom. The molecule has 1 aromatic heterocycles. The summed E-state index contributed by atoms with van der Waals surface area (Å²) in [6.45, 7) is 5.68. The maximum absolute atomic E-state index is 13.2. The summed E-state index contributed by atoms with van der Waals surface area (Å²) in [6.07, 6.45) is -4.05. The highest BCUT2D eigenvalue weighted by molar-refractivity contribution is 6.07. The van der Waals surface area contributed by atoms with E-state index in [0.717, 1.165) is 16.0 Å². The topological polar surface area (TPSA) is 33.2 Å². The van der Waals surface area contributed by atoms with Crippen LogP contribution in [-0.2, 0) is 0 Å². The van der Waals surface area contributed by atoms with Gasteiger partial charge in [-0.2, -0.15) is 13.2 Å². The molecule has 2 aromatic rings. The largest absolute Gasteiger partial charge is 0.408 e. The molecule has 1 aliphatic heterocycles. The summed E-state index contributed by atoms with van der Waals surface area (Å²) < 4.78 is 39.6. The highest BCUT2D eigenvalue weighted by atomic mass is 19.4. The van der Waals surface area contributed by atoms with Crippen molar-refractivity contribution in [3.8, 4) is 0 Å². The first-order valence-electron chi connectivity index (χ1n) is 7.95. The average molecular weight is 336 g/mol. The molecule has 3 nitrogen and oxygen atoms in total.